The van der Waals surface area contributed by atoms with Gasteiger partial charge in [0.2, 0.25) is 0 Å². The summed E-state index contributed by atoms with van der Waals surface area (Å²) < 4.78 is 16.8. The van der Waals surface area contributed by atoms with Crippen LogP contribution in [0.3, 0.4) is 0 Å². The molecule has 0 spiro atoms. The first-order chi connectivity index (χ1) is 15.5. The Labute approximate surface area is 187 Å². The fourth-order valence-corrected chi connectivity index (χ4v) is 4.57. The van der Waals surface area contributed by atoms with E-state index in [1.807, 2.05) is 12.1 Å². The third-order valence-corrected chi connectivity index (χ3v) is 6.32. The minimum absolute atomic E-state index is 0.0654. The maximum absolute atomic E-state index is 12.1. The van der Waals surface area contributed by atoms with Crippen molar-refractivity contribution in [3.8, 4) is 11.5 Å². The summed E-state index contributed by atoms with van der Waals surface area (Å²) in [6.07, 6.45) is 0. The number of amides is 1. The number of carbonyl (C=O) groups is 1. The van der Waals surface area contributed by atoms with Crippen LogP contribution in [0.25, 0.3) is 10.2 Å². The van der Waals surface area contributed by atoms with Crippen molar-refractivity contribution in [1.29, 1.82) is 0 Å². The van der Waals surface area contributed by atoms with E-state index in [4.69, 9.17) is 18.9 Å². The number of aromatic nitrogens is 1. The first kappa shape index (κ1) is 21.8. The number of nitro groups is 1. The summed E-state index contributed by atoms with van der Waals surface area (Å²) in [6, 6.07) is 6.34. The van der Waals surface area contributed by atoms with Gasteiger partial charge in [-0.15, -0.1) is 0 Å². The zero-order valence-corrected chi connectivity index (χ0v) is 18.5. The van der Waals surface area contributed by atoms with Crippen molar-refractivity contribution in [2.24, 2.45) is 0 Å². The molecule has 1 aliphatic heterocycles. The van der Waals surface area contributed by atoms with Crippen molar-refractivity contribution in [3.63, 3.8) is 0 Å². The standard InChI is InChI=1S/C20H23N5O6S/c1-29-13-3-5-15-17(18(13)30-2)22-20(32-15)24-11-9-23(10-12-24)8-7-21-19(26)14-4-6-16(31-14)25(27)28/h3-6H,7-12H2,1-2H3,(H,21,26). The predicted molar refractivity (Wildman–Crippen MR) is 119 cm³/mol. The summed E-state index contributed by atoms with van der Waals surface area (Å²) in [6.45, 7) is 4.39. The summed E-state index contributed by atoms with van der Waals surface area (Å²) in [7, 11) is 3.22. The van der Waals surface area contributed by atoms with Gasteiger partial charge in [-0.25, -0.2) is 4.98 Å². The molecule has 11 nitrogen and oxygen atoms in total. The van der Waals surface area contributed by atoms with Crippen LogP contribution in [0.5, 0.6) is 11.5 Å². The Kier molecular flexibility index (Phi) is 6.42. The second kappa shape index (κ2) is 9.40. The van der Waals surface area contributed by atoms with Gasteiger partial charge < -0.3 is 24.1 Å². The number of nitrogens with one attached hydrogen (secondary N) is 1. The Hall–Kier alpha value is -3.38. The number of benzene rings is 1. The average molecular weight is 462 g/mol. The molecule has 1 N–H and O–H groups in total. The fraction of sp³-hybridized carbons (Fsp3) is 0.400. The van der Waals surface area contributed by atoms with Crippen molar-refractivity contribution in [2.75, 3.05) is 58.4 Å². The van der Waals surface area contributed by atoms with E-state index in [0.29, 0.717) is 24.6 Å². The van der Waals surface area contributed by atoms with Crippen LogP contribution in [-0.4, -0.2) is 74.2 Å². The van der Waals surface area contributed by atoms with Gasteiger partial charge in [-0.1, -0.05) is 11.3 Å². The van der Waals surface area contributed by atoms with Crippen LogP contribution in [0.4, 0.5) is 11.0 Å². The lowest BCUT2D eigenvalue weighted by Crippen LogP contribution is -2.48. The van der Waals surface area contributed by atoms with Gasteiger partial charge in [0.1, 0.15) is 10.4 Å². The Balaban J connectivity index is 1.28. The smallest absolute Gasteiger partial charge is 0.433 e. The normalized spacial score (nSPS) is 14.5. The number of furan rings is 1. The van der Waals surface area contributed by atoms with Crippen molar-refractivity contribution >= 4 is 38.5 Å². The topological polar surface area (TPSA) is 123 Å². The highest BCUT2D eigenvalue weighted by atomic mass is 32.1. The number of hydrogen-bond donors (Lipinski definition) is 1. The zero-order valence-electron chi connectivity index (χ0n) is 17.7. The van der Waals surface area contributed by atoms with Crippen molar-refractivity contribution in [3.05, 3.63) is 40.1 Å². The van der Waals surface area contributed by atoms with Crippen LogP contribution >= 0.6 is 11.3 Å². The van der Waals surface area contributed by atoms with Gasteiger partial charge in [-0.05, 0) is 18.2 Å². The van der Waals surface area contributed by atoms with Crippen molar-refractivity contribution in [2.45, 2.75) is 0 Å². The highest BCUT2D eigenvalue weighted by Crippen LogP contribution is 2.40. The predicted octanol–water partition coefficient (Wildman–Crippen LogP) is 2.37. The molecule has 1 amide bonds. The lowest BCUT2D eigenvalue weighted by Gasteiger charge is -2.34. The van der Waals surface area contributed by atoms with E-state index in [1.54, 1.807) is 25.6 Å². The third kappa shape index (κ3) is 4.46. The van der Waals surface area contributed by atoms with Crippen LogP contribution in [0.1, 0.15) is 10.6 Å². The molecule has 0 radical (unpaired) electrons. The second-order valence-corrected chi connectivity index (χ2v) is 8.13. The molecule has 1 saturated heterocycles. The molecule has 3 heterocycles. The van der Waals surface area contributed by atoms with Gasteiger partial charge in [0.25, 0.3) is 5.91 Å². The van der Waals surface area contributed by atoms with Crippen LogP contribution in [0.2, 0.25) is 0 Å². The summed E-state index contributed by atoms with van der Waals surface area (Å²) in [5.41, 5.74) is 0.801. The number of nitrogens with zero attached hydrogens (tertiary/aromatic N) is 4. The second-order valence-electron chi connectivity index (χ2n) is 7.12. The van der Waals surface area contributed by atoms with E-state index < -0.39 is 16.7 Å². The molecule has 3 aromatic rings. The maximum atomic E-state index is 12.1. The number of fused-ring (bicyclic) bond motifs is 1. The average Bonchev–Trinajstić information content (AvgIpc) is 3.46. The number of methoxy groups -OCH3 is 2. The van der Waals surface area contributed by atoms with Gasteiger partial charge in [-0.3, -0.25) is 19.8 Å². The minimum Gasteiger partial charge on any atom is -0.493 e. The fourth-order valence-electron chi connectivity index (χ4n) is 3.56. The Morgan fingerprint density at radius 1 is 1.22 bits per heavy atom. The summed E-state index contributed by atoms with van der Waals surface area (Å²) >= 11 is 1.62. The molecule has 0 aliphatic carbocycles. The van der Waals surface area contributed by atoms with Gasteiger partial charge >= 0.3 is 5.88 Å². The molecule has 0 unspecified atom stereocenters. The molecule has 0 atom stereocenters. The number of hydrogen-bond acceptors (Lipinski definition) is 10. The van der Waals surface area contributed by atoms with E-state index in [9.17, 15) is 14.9 Å². The number of anilines is 1. The van der Waals surface area contributed by atoms with Crippen LogP contribution in [0, 0.1) is 10.1 Å². The zero-order chi connectivity index (χ0) is 22.7. The van der Waals surface area contributed by atoms with Crippen molar-refractivity contribution in [1.82, 2.24) is 15.2 Å². The molecular formula is C20H23N5O6S. The van der Waals surface area contributed by atoms with Crippen molar-refractivity contribution < 1.29 is 23.6 Å². The lowest BCUT2D eigenvalue weighted by atomic mass is 10.3. The number of thiazole rings is 1. The first-order valence-corrected chi connectivity index (χ1v) is 10.8. The van der Waals surface area contributed by atoms with E-state index in [0.717, 1.165) is 41.5 Å². The summed E-state index contributed by atoms with van der Waals surface area (Å²) in [5, 5.41) is 14.3. The largest absolute Gasteiger partial charge is 0.493 e. The minimum atomic E-state index is -0.672. The summed E-state index contributed by atoms with van der Waals surface area (Å²) in [4.78, 5) is 31.3. The monoisotopic (exact) mass is 461 g/mol. The van der Waals surface area contributed by atoms with Crippen LogP contribution in [-0.2, 0) is 0 Å². The van der Waals surface area contributed by atoms with Gasteiger partial charge in [-0.2, -0.15) is 0 Å². The highest BCUT2D eigenvalue weighted by molar-refractivity contribution is 7.22. The van der Waals surface area contributed by atoms with Gasteiger partial charge in [0.05, 0.1) is 25.0 Å². The molecule has 0 saturated carbocycles. The number of piperazine rings is 1. The SMILES string of the molecule is COc1ccc2sc(N3CCN(CCNC(=O)c4ccc([N+](=O)[O-])o4)CC3)nc2c1OC. The van der Waals surface area contributed by atoms with E-state index in [-0.39, 0.29) is 5.76 Å². The van der Waals surface area contributed by atoms with E-state index in [2.05, 4.69) is 15.1 Å². The molecule has 2 aromatic heterocycles. The van der Waals surface area contributed by atoms with Crippen LogP contribution < -0.4 is 19.7 Å². The number of ether oxygens (including phenoxy) is 2. The van der Waals surface area contributed by atoms with Crippen LogP contribution in [0.15, 0.2) is 28.7 Å². The van der Waals surface area contributed by atoms with E-state index in [1.165, 1.54) is 12.1 Å². The molecule has 12 heteroatoms. The lowest BCUT2D eigenvalue weighted by molar-refractivity contribution is -0.402. The van der Waals surface area contributed by atoms with E-state index >= 15 is 0 Å². The quantitative estimate of drug-likeness (QED) is 0.398. The molecule has 1 aliphatic rings. The molecular weight excluding hydrogens is 438 g/mol. The number of rotatable bonds is 8. The molecule has 170 valence electrons. The maximum Gasteiger partial charge on any atom is 0.433 e. The Morgan fingerprint density at radius 3 is 2.66 bits per heavy atom. The Morgan fingerprint density at radius 2 is 2.00 bits per heavy atom. The molecule has 1 aromatic carbocycles. The molecule has 1 fully saturated rings. The van der Waals surface area contributed by atoms with Gasteiger partial charge in [0, 0.05) is 39.3 Å². The first-order valence-electron chi connectivity index (χ1n) is 10.0. The highest BCUT2D eigenvalue weighted by Gasteiger charge is 2.22. The number of carbonyl (C=O) groups excluding carboxylic acids is 1. The Bertz CT molecular complexity index is 1120. The molecule has 0 bridgehead atoms. The molecule has 4 rings (SSSR count). The summed E-state index contributed by atoms with van der Waals surface area (Å²) in [5.74, 6) is 0.328. The third-order valence-electron chi connectivity index (χ3n) is 5.24. The molecule has 32 heavy (non-hydrogen) atoms. The van der Waals surface area contributed by atoms with Gasteiger partial charge in [0.15, 0.2) is 22.4 Å².